The summed E-state index contributed by atoms with van der Waals surface area (Å²) >= 11 is 10.3. The van der Waals surface area contributed by atoms with Crippen molar-refractivity contribution in [2.75, 3.05) is 14.2 Å². The van der Waals surface area contributed by atoms with Crippen molar-refractivity contribution in [3.63, 3.8) is 0 Å². The molecule has 0 amide bonds. The molecule has 29 heavy (non-hydrogen) atoms. The van der Waals surface area contributed by atoms with Crippen LogP contribution >= 0.6 is 39.3 Å². The molecule has 0 saturated carbocycles. The number of aliphatic carboxylic acids is 1. The van der Waals surface area contributed by atoms with E-state index in [1.54, 1.807) is 43.5 Å². The molecule has 7 nitrogen and oxygen atoms in total. The number of hydrogen-bond acceptors (Lipinski definition) is 7. The molecule has 0 aliphatic carbocycles. The summed E-state index contributed by atoms with van der Waals surface area (Å²) in [6.45, 7) is 0. The number of hydrogen-bond donors (Lipinski definition) is 1. The van der Waals surface area contributed by atoms with Crippen molar-refractivity contribution in [1.29, 1.82) is 0 Å². The predicted octanol–water partition coefficient (Wildman–Crippen LogP) is 5.39. The number of benzene rings is 2. The van der Waals surface area contributed by atoms with Gasteiger partial charge in [0.15, 0.2) is 0 Å². The van der Waals surface area contributed by atoms with Crippen LogP contribution in [0.1, 0.15) is 5.56 Å². The van der Waals surface area contributed by atoms with E-state index in [2.05, 4.69) is 26.1 Å². The Kier molecular flexibility index (Phi) is 6.83. The van der Waals surface area contributed by atoms with Crippen LogP contribution in [-0.2, 0) is 4.79 Å². The van der Waals surface area contributed by atoms with E-state index in [4.69, 9.17) is 25.5 Å². The molecular formula is C19H14BrClN2O5S. The summed E-state index contributed by atoms with van der Waals surface area (Å²) in [4.78, 5) is 11.7. The minimum atomic E-state index is -1.12. The summed E-state index contributed by atoms with van der Waals surface area (Å²) < 4.78 is 16.8. The molecule has 1 N–H and O–H groups in total. The first-order chi connectivity index (χ1) is 13.9. The van der Waals surface area contributed by atoms with Gasteiger partial charge in [0, 0.05) is 5.02 Å². The van der Waals surface area contributed by atoms with Gasteiger partial charge in [-0.15, -0.1) is 10.2 Å². The van der Waals surface area contributed by atoms with E-state index >= 15 is 0 Å². The van der Waals surface area contributed by atoms with Gasteiger partial charge in [0.25, 0.3) is 11.1 Å². The van der Waals surface area contributed by atoms with Crippen LogP contribution in [0, 0.1) is 0 Å². The maximum absolute atomic E-state index is 11.7. The third-order valence-electron chi connectivity index (χ3n) is 3.68. The number of halogens is 2. The summed E-state index contributed by atoms with van der Waals surface area (Å²) in [6, 6.07) is 10.2. The van der Waals surface area contributed by atoms with Gasteiger partial charge in [0.1, 0.15) is 16.4 Å². The molecule has 0 fully saturated rings. The third-order valence-corrected chi connectivity index (χ3v) is 5.39. The highest BCUT2D eigenvalue weighted by atomic mass is 79.9. The molecule has 1 aromatic heterocycles. The Hall–Kier alpha value is -2.49. The van der Waals surface area contributed by atoms with Gasteiger partial charge in [-0.1, -0.05) is 17.7 Å². The van der Waals surface area contributed by atoms with E-state index in [-0.39, 0.29) is 16.0 Å². The number of rotatable bonds is 7. The van der Waals surface area contributed by atoms with Gasteiger partial charge in [-0.2, -0.15) is 0 Å². The first-order valence-corrected chi connectivity index (χ1v) is 10.0. The molecule has 3 aromatic rings. The zero-order valence-corrected chi connectivity index (χ0v) is 18.3. The lowest BCUT2D eigenvalue weighted by Crippen LogP contribution is -1.97. The first kappa shape index (κ1) is 21.2. The molecule has 0 aliphatic heterocycles. The zero-order chi connectivity index (χ0) is 21.0. The second-order valence-electron chi connectivity index (χ2n) is 5.53. The highest BCUT2D eigenvalue weighted by Gasteiger charge is 2.18. The Morgan fingerprint density at radius 3 is 2.55 bits per heavy atom. The lowest BCUT2D eigenvalue weighted by atomic mass is 10.2. The van der Waals surface area contributed by atoms with Crippen LogP contribution in [0.4, 0.5) is 0 Å². The summed E-state index contributed by atoms with van der Waals surface area (Å²) in [5.41, 5.74) is 1.18. The lowest BCUT2D eigenvalue weighted by molar-refractivity contribution is -0.131. The highest BCUT2D eigenvalue weighted by molar-refractivity contribution is 9.10. The number of carboxylic acid groups (broad SMARTS) is 1. The van der Waals surface area contributed by atoms with Gasteiger partial charge in [0.05, 0.1) is 24.3 Å². The maximum Gasteiger partial charge on any atom is 0.342 e. The van der Waals surface area contributed by atoms with Crippen molar-refractivity contribution in [2.45, 2.75) is 5.22 Å². The number of carboxylic acids is 1. The van der Waals surface area contributed by atoms with E-state index in [1.807, 2.05) is 0 Å². The van der Waals surface area contributed by atoms with E-state index in [0.717, 1.165) is 11.8 Å². The maximum atomic E-state index is 11.7. The fourth-order valence-electron chi connectivity index (χ4n) is 2.36. The molecule has 10 heteroatoms. The van der Waals surface area contributed by atoms with Crippen LogP contribution in [0.25, 0.3) is 17.5 Å². The fourth-order valence-corrected chi connectivity index (χ4v) is 3.76. The van der Waals surface area contributed by atoms with Crippen molar-refractivity contribution in [1.82, 2.24) is 10.2 Å². The monoisotopic (exact) mass is 496 g/mol. The SMILES string of the molecule is COc1ccc(/C=C(\Sc2nnc(-c3cc(Cl)ccc3OC)o2)C(=O)O)cc1Br. The number of nitrogens with zero attached hydrogens (tertiary/aromatic N) is 2. The van der Waals surface area contributed by atoms with E-state index in [0.29, 0.717) is 32.1 Å². The minimum Gasteiger partial charge on any atom is -0.496 e. The van der Waals surface area contributed by atoms with E-state index in [1.165, 1.54) is 13.2 Å². The fraction of sp³-hybridized carbons (Fsp3) is 0.105. The van der Waals surface area contributed by atoms with E-state index < -0.39 is 5.97 Å². The summed E-state index contributed by atoms with van der Waals surface area (Å²) in [7, 11) is 3.06. The standard InChI is InChI=1S/C19H14BrClN2O5S/c1-26-14-6-4-11(21)9-12(14)17-22-23-19(28-17)29-16(18(24)25)8-10-3-5-15(27-2)13(20)7-10/h3-9H,1-2H3,(H,24,25)/b16-8-. The van der Waals surface area contributed by atoms with Gasteiger partial charge in [-0.3, -0.25) is 0 Å². The normalized spacial score (nSPS) is 11.4. The third kappa shape index (κ3) is 5.11. The first-order valence-electron chi connectivity index (χ1n) is 8.05. The van der Waals surface area contributed by atoms with Crippen molar-refractivity contribution in [3.8, 4) is 23.0 Å². The minimum absolute atomic E-state index is 0.00956. The highest BCUT2D eigenvalue weighted by Crippen LogP contribution is 2.35. The molecule has 0 aliphatic rings. The van der Waals surface area contributed by atoms with Crippen molar-refractivity contribution in [3.05, 3.63) is 56.4 Å². The van der Waals surface area contributed by atoms with Crippen LogP contribution in [0.3, 0.4) is 0 Å². The van der Waals surface area contributed by atoms with Crippen LogP contribution in [-0.4, -0.2) is 35.5 Å². The molecule has 150 valence electrons. The van der Waals surface area contributed by atoms with Gasteiger partial charge in [-0.05, 0) is 69.7 Å². The molecule has 3 rings (SSSR count). The Morgan fingerprint density at radius 2 is 1.90 bits per heavy atom. The molecular weight excluding hydrogens is 484 g/mol. The number of ether oxygens (including phenoxy) is 2. The zero-order valence-electron chi connectivity index (χ0n) is 15.2. The molecule has 2 aromatic carbocycles. The summed E-state index contributed by atoms with van der Waals surface area (Å²) in [5.74, 6) is 0.196. The molecule has 0 spiro atoms. The number of methoxy groups -OCH3 is 2. The van der Waals surface area contributed by atoms with Crippen LogP contribution in [0.2, 0.25) is 5.02 Å². The quantitative estimate of drug-likeness (QED) is 0.343. The van der Waals surface area contributed by atoms with Crippen molar-refractivity contribution in [2.24, 2.45) is 0 Å². The Bertz CT molecular complexity index is 1090. The van der Waals surface area contributed by atoms with Crippen molar-refractivity contribution < 1.29 is 23.8 Å². The van der Waals surface area contributed by atoms with Gasteiger partial charge >= 0.3 is 5.97 Å². The molecule has 0 unspecified atom stereocenters. The van der Waals surface area contributed by atoms with Gasteiger partial charge in [0.2, 0.25) is 0 Å². The number of thioether (sulfide) groups is 1. The van der Waals surface area contributed by atoms with Gasteiger partial charge in [-0.25, -0.2) is 4.79 Å². The summed E-state index contributed by atoms with van der Waals surface area (Å²) in [5, 5.41) is 18.0. The Labute approximate surface area is 183 Å². The molecule has 0 atom stereocenters. The van der Waals surface area contributed by atoms with Crippen molar-refractivity contribution >= 4 is 51.3 Å². The summed E-state index contributed by atoms with van der Waals surface area (Å²) in [6.07, 6.45) is 1.50. The predicted molar refractivity (Wildman–Crippen MR) is 113 cm³/mol. The average molecular weight is 498 g/mol. The van der Waals surface area contributed by atoms with E-state index in [9.17, 15) is 9.90 Å². The number of carbonyl (C=O) groups is 1. The van der Waals surface area contributed by atoms with Crippen LogP contribution in [0.5, 0.6) is 11.5 Å². The lowest BCUT2D eigenvalue weighted by Gasteiger charge is -2.05. The Morgan fingerprint density at radius 1 is 1.17 bits per heavy atom. The van der Waals surface area contributed by atoms with Gasteiger partial charge < -0.3 is 19.0 Å². The molecule has 0 radical (unpaired) electrons. The molecule has 0 bridgehead atoms. The van der Waals surface area contributed by atoms with Crippen LogP contribution < -0.4 is 9.47 Å². The average Bonchev–Trinajstić information content (AvgIpc) is 3.16. The largest absolute Gasteiger partial charge is 0.496 e. The topological polar surface area (TPSA) is 94.7 Å². The molecule has 0 saturated heterocycles. The Balaban J connectivity index is 1.89. The second-order valence-corrected chi connectivity index (χ2v) is 7.81. The smallest absolute Gasteiger partial charge is 0.342 e. The van der Waals surface area contributed by atoms with Crippen LogP contribution in [0.15, 0.2) is 55.4 Å². The molecule has 1 heterocycles. The second kappa shape index (κ2) is 9.34. The number of aromatic nitrogens is 2.